The van der Waals surface area contributed by atoms with Crippen LogP contribution in [0.25, 0.3) is 0 Å². The standard InChI is InChI=1S/C24H28BrN3OS.ClH/c25-19-11-13-21(14-12-19)26-23(29)15-22-17-30-24(27-20-9-5-2-6-10-20)28(22)16-18-7-3-1-4-8-18;/h1,3-4,7-8,11-14,20,22H,2,5-6,9-10,15-17H2,(H,26,29);1H/b27-24-;. The summed E-state index contributed by atoms with van der Waals surface area (Å²) in [5, 5.41) is 4.16. The fourth-order valence-corrected chi connectivity index (χ4v) is 5.59. The van der Waals surface area contributed by atoms with Gasteiger partial charge in [0.25, 0.3) is 0 Å². The molecule has 2 fully saturated rings. The molecule has 1 saturated heterocycles. The minimum Gasteiger partial charge on any atom is -0.343 e. The maximum absolute atomic E-state index is 12.7. The number of amides is 1. The number of hydrogen-bond donors (Lipinski definition) is 1. The van der Waals surface area contributed by atoms with E-state index in [1.165, 1.54) is 37.7 Å². The number of hydrogen-bond acceptors (Lipinski definition) is 3. The lowest BCUT2D eigenvalue weighted by molar-refractivity contribution is -0.116. The van der Waals surface area contributed by atoms with Crippen LogP contribution in [-0.4, -0.2) is 33.8 Å². The van der Waals surface area contributed by atoms with Gasteiger partial charge >= 0.3 is 0 Å². The molecule has 2 aromatic rings. The summed E-state index contributed by atoms with van der Waals surface area (Å²) in [5.41, 5.74) is 2.09. The fourth-order valence-electron chi connectivity index (χ4n) is 4.08. The Balaban J connectivity index is 0.00000272. The van der Waals surface area contributed by atoms with Crippen molar-refractivity contribution >= 4 is 56.9 Å². The van der Waals surface area contributed by atoms with Crippen LogP contribution in [0.2, 0.25) is 0 Å². The molecule has 1 aliphatic carbocycles. The van der Waals surface area contributed by atoms with Crippen molar-refractivity contribution in [3.63, 3.8) is 0 Å². The van der Waals surface area contributed by atoms with Crippen molar-refractivity contribution in [1.82, 2.24) is 4.90 Å². The lowest BCUT2D eigenvalue weighted by Crippen LogP contribution is -2.37. The minimum absolute atomic E-state index is 0. The monoisotopic (exact) mass is 521 g/mol. The SMILES string of the molecule is Cl.O=C(CC1CS/C(=N\C2CCCCC2)N1Cc1ccccc1)Nc1ccc(Br)cc1. The highest BCUT2D eigenvalue weighted by molar-refractivity contribution is 9.10. The summed E-state index contributed by atoms with van der Waals surface area (Å²) in [5.74, 6) is 0.964. The van der Waals surface area contributed by atoms with E-state index < -0.39 is 0 Å². The highest BCUT2D eigenvalue weighted by Crippen LogP contribution is 2.31. The van der Waals surface area contributed by atoms with Crippen LogP contribution in [0.1, 0.15) is 44.1 Å². The van der Waals surface area contributed by atoms with Gasteiger partial charge in [-0.3, -0.25) is 9.79 Å². The largest absolute Gasteiger partial charge is 0.343 e. The number of carbonyl (C=O) groups is 1. The molecule has 166 valence electrons. The molecule has 0 aromatic heterocycles. The van der Waals surface area contributed by atoms with Crippen molar-refractivity contribution < 1.29 is 4.79 Å². The second-order valence-corrected chi connectivity index (χ2v) is 9.94. The Morgan fingerprint density at radius 2 is 1.77 bits per heavy atom. The lowest BCUT2D eigenvalue weighted by Gasteiger charge is -2.27. The van der Waals surface area contributed by atoms with E-state index in [2.05, 4.69) is 50.4 Å². The summed E-state index contributed by atoms with van der Waals surface area (Å²) < 4.78 is 1.00. The van der Waals surface area contributed by atoms with Crippen molar-refractivity contribution in [3.05, 3.63) is 64.6 Å². The number of rotatable bonds is 6. The van der Waals surface area contributed by atoms with Crippen LogP contribution in [0.4, 0.5) is 5.69 Å². The Labute approximate surface area is 203 Å². The van der Waals surface area contributed by atoms with Gasteiger partial charge < -0.3 is 10.2 Å². The summed E-state index contributed by atoms with van der Waals surface area (Å²) >= 11 is 5.25. The summed E-state index contributed by atoms with van der Waals surface area (Å²) in [7, 11) is 0. The van der Waals surface area contributed by atoms with Gasteiger partial charge in [0.1, 0.15) is 0 Å². The fraction of sp³-hybridized carbons (Fsp3) is 0.417. The third-order valence-electron chi connectivity index (χ3n) is 5.70. The van der Waals surface area contributed by atoms with E-state index in [4.69, 9.17) is 4.99 Å². The number of nitrogens with zero attached hydrogens (tertiary/aromatic N) is 2. The van der Waals surface area contributed by atoms with E-state index in [0.717, 1.165) is 27.6 Å². The van der Waals surface area contributed by atoms with Gasteiger partial charge in [-0.05, 0) is 42.7 Å². The molecule has 1 N–H and O–H groups in total. The van der Waals surface area contributed by atoms with E-state index in [-0.39, 0.29) is 24.4 Å². The molecule has 1 aliphatic heterocycles. The summed E-state index contributed by atoms with van der Waals surface area (Å²) in [6.07, 6.45) is 6.75. The molecule has 1 unspecified atom stereocenters. The zero-order valence-electron chi connectivity index (χ0n) is 17.5. The Morgan fingerprint density at radius 3 is 2.48 bits per heavy atom. The van der Waals surface area contributed by atoms with Crippen LogP contribution < -0.4 is 5.32 Å². The van der Waals surface area contributed by atoms with Crippen molar-refractivity contribution in [2.24, 2.45) is 4.99 Å². The number of amidine groups is 1. The molecule has 4 nitrogen and oxygen atoms in total. The number of nitrogens with one attached hydrogen (secondary N) is 1. The molecule has 31 heavy (non-hydrogen) atoms. The molecular weight excluding hydrogens is 494 g/mol. The van der Waals surface area contributed by atoms with Crippen LogP contribution in [0.5, 0.6) is 0 Å². The maximum Gasteiger partial charge on any atom is 0.226 e. The number of aliphatic imine (C=N–C) groups is 1. The smallest absolute Gasteiger partial charge is 0.226 e. The van der Waals surface area contributed by atoms with E-state index in [9.17, 15) is 4.79 Å². The van der Waals surface area contributed by atoms with Gasteiger partial charge in [-0.25, -0.2) is 0 Å². The van der Waals surface area contributed by atoms with Gasteiger partial charge in [0, 0.05) is 34.9 Å². The highest BCUT2D eigenvalue weighted by atomic mass is 79.9. The second-order valence-electron chi connectivity index (χ2n) is 8.04. The molecule has 1 heterocycles. The lowest BCUT2D eigenvalue weighted by atomic mass is 9.96. The molecule has 0 radical (unpaired) electrons. The van der Waals surface area contributed by atoms with E-state index in [0.29, 0.717) is 12.5 Å². The van der Waals surface area contributed by atoms with Crippen molar-refractivity contribution in [2.45, 2.75) is 57.2 Å². The topological polar surface area (TPSA) is 44.7 Å². The van der Waals surface area contributed by atoms with Crippen LogP contribution >= 0.6 is 40.1 Å². The predicted octanol–water partition coefficient (Wildman–Crippen LogP) is 6.51. The van der Waals surface area contributed by atoms with Crippen molar-refractivity contribution in [3.8, 4) is 0 Å². The van der Waals surface area contributed by atoms with E-state index in [1.807, 2.05) is 42.1 Å². The highest BCUT2D eigenvalue weighted by Gasteiger charge is 2.32. The van der Waals surface area contributed by atoms with Gasteiger partial charge in [-0.2, -0.15) is 0 Å². The van der Waals surface area contributed by atoms with Crippen LogP contribution in [-0.2, 0) is 11.3 Å². The number of benzene rings is 2. The van der Waals surface area contributed by atoms with Gasteiger partial charge in [0.15, 0.2) is 5.17 Å². The number of halogens is 2. The first-order valence-corrected chi connectivity index (χ1v) is 12.5. The van der Waals surface area contributed by atoms with Crippen LogP contribution in [0, 0.1) is 0 Å². The summed E-state index contributed by atoms with van der Waals surface area (Å²) in [6, 6.07) is 18.8. The van der Waals surface area contributed by atoms with Gasteiger partial charge in [-0.15, -0.1) is 12.4 Å². The Morgan fingerprint density at radius 1 is 1.06 bits per heavy atom. The summed E-state index contributed by atoms with van der Waals surface area (Å²) in [6.45, 7) is 0.801. The molecule has 2 aliphatic rings. The molecule has 2 aromatic carbocycles. The molecule has 7 heteroatoms. The molecular formula is C24H29BrClN3OS. The first-order valence-electron chi connectivity index (χ1n) is 10.7. The average molecular weight is 523 g/mol. The average Bonchev–Trinajstić information content (AvgIpc) is 3.12. The third-order valence-corrected chi connectivity index (χ3v) is 7.38. The quantitative estimate of drug-likeness (QED) is 0.470. The Hall–Kier alpha value is -1.50. The molecule has 1 amide bonds. The van der Waals surface area contributed by atoms with Gasteiger partial charge in [0.05, 0.1) is 6.04 Å². The second kappa shape index (κ2) is 11.9. The van der Waals surface area contributed by atoms with Crippen LogP contribution in [0.3, 0.4) is 0 Å². The molecule has 0 spiro atoms. The Bertz CT molecular complexity index is 872. The van der Waals surface area contributed by atoms with Gasteiger partial charge in [-0.1, -0.05) is 77.3 Å². The Kier molecular flexibility index (Phi) is 9.30. The number of carbonyl (C=O) groups excluding carboxylic acids is 1. The number of thioether (sulfide) groups is 1. The zero-order valence-corrected chi connectivity index (χ0v) is 20.7. The first-order chi connectivity index (χ1) is 14.7. The zero-order chi connectivity index (χ0) is 20.8. The predicted molar refractivity (Wildman–Crippen MR) is 137 cm³/mol. The molecule has 1 saturated carbocycles. The van der Waals surface area contributed by atoms with Gasteiger partial charge in [0.2, 0.25) is 5.91 Å². The summed E-state index contributed by atoms with van der Waals surface area (Å²) in [4.78, 5) is 20.2. The molecule has 4 rings (SSSR count). The van der Waals surface area contributed by atoms with Crippen LogP contribution in [0.15, 0.2) is 64.1 Å². The number of anilines is 1. The van der Waals surface area contributed by atoms with Crippen molar-refractivity contribution in [2.75, 3.05) is 11.1 Å². The van der Waals surface area contributed by atoms with Crippen molar-refractivity contribution in [1.29, 1.82) is 0 Å². The normalized spacial score (nSPS) is 20.5. The van der Waals surface area contributed by atoms with E-state index in [1.54, 1.807) is 0 Å². The van der Waals surface area contributed by atoms with E-state index >= 15 is 0 Å². The first kappa shape index (κ1) is 24.1. The minimum atomic E-state index is 0. The molecule has 0 bridgehead atoms. The third kappa shape index (κ3) is 6.99. The maximum atomic E-state index is 12.7. The molecule has 1 atom stereocenters.